The van der Waals surface area contributed by atoms with Crippen LogP contribution in [0.1, 0.15) is 38.9 Å². The van der Waals surface area contributed by atoms with Gasteiger partial charge in [-0.15, -0.1) is 0 Å². The molecule has 0 radical (unpaired) electrons. The normalized spacial score (nSPS) is 13.9. The second kappa shape index (κ2) is 6.12. The quantitative estimate of drug-likeness (QED) is 0.787. The Morgan fingerprint density at radius 2 is 2.18 bits per heavy atom. The van der Waals surface area contributed by atoms with Gasteiger partial charge in [0.2, 0.25) is 5.89 Å². The third-order valence-electron chi connectivity index (χ3n) is 2.75. The van der Waals surface area contributed by atoms with Crippen molar-refractivity contribution < 1.29 is 9.26 Å². The molecule has 0 spiro atoms. The van der Waals surface area contributed by atoms with E-state index in [1.807, 2.05) is 6.92 Å². The minimum atomic E-state index is -0.0898. The molecule has 1 heterocycles. The summed E-state index contributed by atoms with van der Waals surface area (Å²) in [5.41, 5.74) is -0.0898. The molecule has 0 aromatic carbocycles. The molecule has 0 aliphatic carbocycles. The van der Waals surface area contributed by atoms with Crippen molar-refractivity contribution in [2.45, 2.75) is 52.2 Å². The molecular weight excluding hydrogens is 218 g/mol. The molecule has 5 nitrogen and oxygen atoms in total. The Bertz CT molecular complexity index is 336. The first-order valence-electron chi connectivity index (χ1n) is 6.00. The van der Waals surface area contributed by atoms with Crippen LogP contribution in [-0.2, 0) is 11.2 Å². The van der Waals surface area contributed by atoms with E-state index >= 15 is 0 Å². The molecule has 0 bridgehead atoms. The summed E-state index contributed by atoms with van der Waals surface area (Å²) in [5, 5.41) is 7.18. The maximum absolute atomic E-state index is 5.40. The Kier molecular flexibility index (Phi) is 5.08. The molecule has 98 valence electrons. The number of hydrogen-bond donors (Lipinski definition) is 1. The number of methoxy groups -OCH3 is 1. The average molecular weight is 241 g/mol. The number of hydrogen-bond acceptors (Lipinski definition) is 5. The van der Waals surface area contributed by atoms with Crippen molar-refractivity contribution in [2.75, 3.05) is 13.7 Å². The van der Waals surface area contributed by atoms with E-state index in [-0.39, 0.29) is 5.60 Å². The predicted octanol–water partition coefficient (Wildman–Crippen LogP) is 1.71. The highest BCUT2D eigenvalue weighted by atomic mass is 16.5. The summed E-state index contributed by atoms with van der Waals surface area (Å²) >= 11 is 0. The van der Waals surface area contributed by atoms with Crippen molar-refractivity contribution in [3.05, 3.63) is 11.7 Å². The maximum atomic E-state index is 5.40. The summed E-state index contributed by atoms with van der Waals surface area (Å²) in [5.74, 6) is 1.38. The van der Waals surface area contributed by atoms with Gasteiger partial charge < -0.3 is 14.6 Å². The van der Waals surface area contributed by atoms with Gasteiger partial charge in [-0.1, -0.05) is 5.16 Å². The Morgan fingerprint density at radius 3 is 2.71 bits per heavy atom. The molecule has 0 fully saturated rings. The standard InChI is InChI=1S/C12H23N3O2/c1-9(8-12(3,4)16-5)13-7-6-11-14-10(2)15-17-11/h9,13H,6-8H2,1-5H3. The number of aryl methyl sites for hydroxylation is 1. The minimum Gasteiger partial charge on any atom is -0.379 e. The molecule has 0 aliphatic heterocycles. The molecule has 0 saturated heterocycles. The van der Waals surface area contributed by atoms with Crippen LogP contribution in [0.3, 0.4) is 0 Å². The molecule has 17 heavy (non-hydrogen) atoms. The van der Waals surface area contributed by atoms with Crippen LogP contribution < -0.4 is 5.32 Å². The summed E-state index contributed by atoms with van der Waals surface area (Å²) < 4.78 is 10.4. The summed E-state index contributed by atoms with van der Waals surface area (Å²) in [4.78, 5) is 4.16. The Hall–Kier alpha value is -0.940. The molecule has 1 N–H and O–H groups in total. The largest absolute Gasteiger partial charge is 0.379 e. The van der Waals surface area contributed by atoms with Gasteiger partial charge in [-0.25, -0.2) is 0 Å². The lowest BCUT2D eigenvalue weighted by atomic mass is 10.00. The summed E-state index contributed by atoms with van der Waals surface area (Å²) in [6, 6.07) is 0.397. The van der Waals surface area contributed by atoms with Gasteiger partial charge in [0, 0.05) is 26.1 Å². The lowest BCUT2D eigenvalue weighted by Gasteiger charge is -2.27. The first-order valence-corrected chi connectivity index (χ1v) is 6.00. The fourth-order valence-corrected chi connectivity index (χ4v) is 1.76. The fraction of sp³-hybridized carbons (Fsp3) is 0.833. The topological polar surface area (TPSA) is 60.2 Å². The third kappa shape index (κ3) is 5.28. The summed E-state index contributed by atoms with van der Waals surface area (Å²) in [6.07, 6.45) is 1.73. The van der Waals surface area contributed by atoms with E-state index in [2.05, 4.69) is 36.2 Å². The van der Waals surface area contributed by atoms with Crippen molar-refractivity contribution >= 4 is 0 Å². The summed E-state index contributed by atoms with van der Waals surface area (Å²) in [6.45, 7) is 8.99. The van der Waals surface area contributed by atoms with Crippen LogP contribution in [0.4, 0.5) is 0 Å². The maximum Gasteiger partial charge on any atom is 0.227 e. The van der Waals surface area contributed by atoms with Crippen LogP contribution >= 0.6 is 0 Å². The van der Waals surface area contributed by atoms with Crippen LogP contribution in [0.5, 0.6) is 0 Å². The van der Waals surface area contributed by atoms with Crippen LogP contribution in [0.2, 0.25) is 0 Å². The second-order valence-corrected chi connectivity index (χ2v) is 5.01. The van der Waals surface area contributed by atoms with Gasteiger partial charge in [0.1, 0.15) is 0 Å². The number of aromatic nitrogens is 2. The Balaban J connectivity index is 2.22. The average Bonchev–Trinajstić information content (AvgIpc) is 2.63. The van der Waals surface area contributed by atoms with Gasteiger partial charge in [-0.05, 0) is 34.1 Å². The monoisotopic (exact) mass is 241 g/mol. The Labute approximate surface area is 103 Å². The predicted molar refractivity (Wildman–Crippen MR) is 65.9 cm³/mol. The van der Waals surface area contributed by atoms with E-state index < -0.39 is 0 Å². The molecule has 1 atom stereocenters. The number of ether oxygens (including phenoxy) is 1. The van der Waals surface area contributed by atoms with E-state index in [4.69, 9.17) is 9.26 Å². The molecule has 0 amide bonds. The molecule has 1 aromatic rings. The van der Waals surface area contributed by atoms with Crippen molar-refractivity contribution in [1.29, 1.82) is 0 Å². The van der Waals surface area contributed by atoms with Crippen molar-refractivity contribution in [1.82, 2.24) is 15.5 Å². The van der Waals surface area contributed by atoms with Crippen LogP contribution in [-0.4, -0.2) is 35.4 Å². The SMILES string of the molecule is COC(C)(C)CC(C)NCCc1nc(C)no1. The van der Waals surface area contributed by atoms with Gasteiger partial charge in [0.25, 0.3) is 0 Å². The molecule has 1 aromatic heterocycles. The van der Waals surface area contributed by atoms with Crippen molar-refractivity contribution in [3.63, 3.8) is 0 Å². The summed E-state index contributed by atoms with van der Waals surface area (Å²) in [7, 11) is 1.74. The van der Waals surface area contributed by atoms with E-state index in [9.17, 15) is 0 Å². The Morgan fingerprint density at radius 1 is 1.47 bits per heavy atom. The van der Waals surface area contributed by atoms with Gasteiger partial charge >= 0.3 is 0 Å². The van der Waals surface area contributed by atoms with Crippen LogP contribution in [0.25, 0.3) is 0 Å². The van der Waals surface area contributed by atoms with E-state index in [1.165, 1.54) is 0 Å². The van der Waals surface area contributed by atoms with Gasteiger partial charge in [0.05, 0.1) is 5.60 Å². The number of nitrogens with zero attached hydrogens (tertiary/aromatic N) is 2. The molecule has 0 aliphatic rings. The lowest BCUT2D eigenvalue weighted by Crippen LogP contribution is -2.36. The second-order valence-electron chi connectivity index (χ2n) is 5.01. The first-order chi connectivity index (χ1) is 7.93. The highest BCUT2D eigenvalue weighted by Crippen LogP contribution is 2.15. The smallest absolute Gasteiger partial charge is 0.227 e. The molecule has 1 rings (SSSR count). The number of rotatable bonds is 7. The molecule has 0 saturated carbocycles. The molecule has 1 unspecified atom stereocenters. The first kappa shape index (κ1) is 14.1. The minimum absolute atomic E-state index is 0.0898. The highest BCUT2D eigenvalue weighted by molar-refractivity contribution is 4.84. The zero-order chi connectivity index (χ0) is 12.9. The van der Waals surface area contributed by atoms with Crippen LogP contribution in [0.15, 0.2) is 4.52 Å². The lowest BCUT2D eigenvalue weighted by molar-refractivity contribution is 0.00862. The van der Waals surface area contributed by atoms with Gasteiger partial charge in [-0.3, -0.25) is 0 Å². The zero-order valence-electron chi connectivity index (χ0n) is 11.4. The van der Waals surface area contributed by atoms with Crippen molar-refractivity contribution in [3.8, 4) is 0 Å². The van der Waals surface area contributed by atoms with E-state index in [1.54, 1.807) is 7.11 Å². The molecular formula is C12H23N3O2. The number of nitrogens with one attached hydrogen (secondary N) is 1. The fourth-order valence-electron chi connectivity index (χ4n) is 1.76. The van der Waals surface area contributed by atoms with Crippen molar-refractivity contribution in [2.24, 2.45) is 0 Å². The van der Waals surface area contributed by atoms with E-state index in [0.29, 0.717) is 17.8 Å². The van der Waals surface area contributed by atoms with Gasteiger partial charge in [-0.2, -0.15) is 4.98 Å². The van der Waals surface area contributed by atoms with Crippen LogP contribution in [0, 0.1) is 6.92 Å². The van der Waals surface area contributed by atoms with E-state index in [0.717, 1.165) is 19.4 Å². The third-order valence-corrected chi connectivity index (χ3v) is 2.75. The highest BCUT2D eigenvalue weighted by Gasteiger charge is 2.19. The zero-order valence-corrected chi connectivity index (χ0v) is 11.4. The van der Waals surface area contributed by atoms with Gasteiger partial charge in [0.15, 0.2) is 5.82 Å². The molecule has 5 heteroatoms.